The van der Waals surface area contributed by atoms with Gasteiger partial charge in [-0.2, -0.15) is 0 Å². The summed E-state index contributed by atoms with van der Waals surface area (Å²) in [4.78, 5) is 23.2. The zero-order chi connectivity index (χ0) is 20.2. The molecule has 0 bridgehead atoms. The van der Waals surface area contributed by atoms with Gasteiger partial charge < -0.3 is 5.32 Å². The maximum Gasteiger partial charge on any atom is 0.234 e. The number of para-hydroxylation sites is 2. The average Bonchev–Trinajstić information content (AvgIpc) is 3.18. The second kappa shape index (κ2) is 8.76. The van der Waals surface area contributed by atoms with E-state index >= 15 is 0 Å². The summed E-state index contributed by atoms with van der Waals surface area (Å²) in [5.74, 6) is 0.277. The van der Waals surface area contributed by atoms with Crippen molar-refractivity contribution >= 4 is 56.8 Å². The maximum atomic E-state index is 12.5. The van der Waals surface area contributed by atoms with Gasteiger partial charge in [-0.3, -0.25) is 4.79 Å². The number of amides is 1. The Kier molecular flexibility index (Phi) is 5.92. The first-order valence-corrected chi connectivity index (χ1v) is 11.2. The minimum absolute atomic E-state index is 0.0342. The van der Waals surface area contributed by atoms with Gasteiger partial charge in [0.05, 0.1) is 27.9 Å². The predicted molar refractivity (Wildman–Crippen MR) is 126 cm³/mol. The number of hydrogen-bond donors (Lipinski definition) is 1. The van der Waals surface area contributed by atoms with Crippen LogP contribution in [0.4, 0.5) is 17.1 Å². The van der Waals surface area contributed by atoms with Crippen LogP contribution in [0.15, 0.2) is 70.0 Å². The second-order valence-corrected chi connectivity index (χ2v) is 8.84. The highest BCUT2D eigenvalue weighted by Crippen LogP contribution is 2.34. The molecule has 0 spiro atoms. The Hall–Kier alpha value is -2.70. The van der Waals surface area contributed by atoms with E-state index in [1.165, 1.54) is 17.3 Å². The molecule has 0 atom stereocenters. The van der Waals surface area contributed by atoms with Gasteiger partial charge in [-0.15, -0.1) is 23.1 Å². The summed E-state index contributed by atoms with van der Waals surface area (Å²) in [6.45, 7) is 4.11. The van der Waals surface area contributed by atoms with Crippen LogP contribution in [0.5, 0.6) is 0 Å². The topological polar surface area (TPSA) is 53.8 Å². The number of benzene rings is 2. The number of carbonyl (C=O) groups excluding carboxylic acids is 1. The summed E-state index contributed by atoms with van der Waals surface area (Å²) >= 11 is 3.14. The number of hydrogen-bond acceptors (Lipinski definition) is 5. The predicted octanol–water partition coefficient (Wildman–Crippen LogP) is 6.29. The Morgan fingerprint density at radius 2 is 1.83 bits per heavy atom. The number of fused-ring (bicyclic) bond motifs is 1. The Balaban J connectivity index is 1.49. The minimum Gasteiger partial charge on any atom is -0.325 e. The van der Waals surface area contributed by atoms with E-state index in [0.717, 1.165) is 38.3 Å². The molecule has 29 heavy (non-hydrogen) atoms. The normalized spacial score (nSPS) is 13.2. The van der Waals surface area contributed by atoms with E-state index in [0.29, 0.717) is 12.2 Å². The summed E-state index contributed by atoms with van der Waals surface area (Å²) in [7, 11) is 0. The molecule has 0 saturated carbocycles. The third-order valence-corrected chi connectivity index (χ3v) is 6.56. The van der Waals surface area contributed by atoms with Crippen LogP contribution in [0.1, 0.15) is 22.4 Å². The largest absolute Gasteiger partial charge is 0.325 e. The summed E-state index contributed by atoms with van der Waals surface area (Å²) in [6.07, 6.45) is 0.622. The van der Waals surface area contributed by atoms with Crippen molar-refractivity contribution in [2.45, 2.75) is 20.3 Å². The lowest BCUT2D eigenvalue weighted by Crippen LogP contribution is -2.16. The Morgan fingerprint density at radius 3 is 2.55 bits per heavy atom. The molecule has 0 saturated heterocycles. The molecule has 4 rings (SSSR count). The molecule has 6 heteroatoms. The van der Waals surface area contributed by atoms with Crippen molar-refractivity contribution in [3.8, 4) is 0 Å². The van der Waals surface area contributed by atoms with Gasteiger partial charge in [0.25, 0.3) is 0 Å². The molecule has 2 heterocycles. The third kappa shape index (κ3) is 4.83. The molecule has 4 nitrogen and oxygen atoms in total. The number of nitrogens with zero attached hydrogens (tertiary/aromatic N) is 2. The molecule has 0 fully saturated rings. The van der Waals surface area contributed by atoms with Crippen molar-refractivity contribution in [1.29, 1.82) is 0 Å². The van der Waals surface area contributed by atoms with E-state index in [-0.39, 0.29) is 5.91 Å². The minimum atomic E-state index is -0.0342. The van der Waals surface area contributed by atoms with Gasteiger partial charge >= 0.3 is 0 Å². The molecule has 1 aliphatic rings. The average molecular weight is 420 g/mol. The van der Waals surface area contributed by atoms with Crippen LogP contribution in [-0.2, 0) is 4.79 Å². The zero-order valence-corrected chi connectivity index (χ0v) is 17.9. The lowest BCUT2D eigenvalue weighted by atomic mass is 10.1. The Bertz CT molecular complexity index is 1100. The van der Waals surface area contributed by atoms with Crippen LogP contribution in [0.3, 0.4) is 0 Å². The second-order valence-electron chi connectivity index (χ2n) is 6.84. The van der Waals surface area contributed by atoms with Crippen LogP contribution in [0, 0.1) is 13.8 Å². The highest BCUT2D eigenvalue weighted by atomic mass is 32.2. The highest BCUT2D eigenvalue weighted by Gasteiger charge is 2.17. The van der Waals surface area contributed by atoms with Crippen LogP contribution in [0.2, 0.25) is 0 Å². The van der Waals surface area contributed by atoms with Crippen molar-refractivity contribution < 1.29 is 4.79 Å². The van der Waals surface area contributed by atoms with Gasteiger partial charge in [-0.1, -0.05) is 24.3 Å². The number of aliphatic imine (C=N–C) groups is 2. The van der Waals surface area contributed by atoms with Gasteiger partial charge in [0.15, 0.2) is 0 Å². The SMILES string of the molecule is Cc1ccc(NC(=O)CSC2=Nc3ccccc3N=C(c3cccs3)C2)cc1C. The molecule has 0 aliphatic carbocycles. The van der Waals surface area contributed by atoms with E-state index in [2.05, 4.69) is 23.7 Å². The van der Waals surface area contributed by atoms with Gasteiger partial charge in [-0.05, 0) is 60.7 Å². The molecule has 0 radical (unpaired) electrons. The molecule has 1 aliphatic heterocycles. The molecule has 1 amide bonds. The standard InChI is InChI=1S/C23H21N3OS2/c1-15-9-10-17(12-16(15)2)24-22(27)14-29-23-13-20(21-8-5-11-28-21)25-18-6-3-4-7-19(18)26-23/h3-12H,13-14H2,1-2H3,(H,24,27). The maximum absolute atomic E-state index is 12.5. The Morgan fingerprint density at radius 1 is 1.03 bits per heavy atom. The summed E-state index contributed by atoms with van der Waals surface area (Å²) in [6, 6.07) is 17.9. The highest BCUT2D eigenvalue weighted by molar-refractivity contribution is 8.14. The van der Waals surface area contributed by atoms with E-state index < -0.39 is 0 Å². The third-order valence-electron chi connectivity index (χ3n) is 4.67. The smallest absolute Gasteiger partial charge is 0.234 e. The van der Waals surface area contributed by atoms with Gasteiger partial charge in [0.1, 0.15) is 0 Å². The van der Waals surface area contributed by atoms with E-state index in [1.54, 1.807) is 11.3 Å². The van der Waals surface area contributed by atoms with Crippen molar-refractivity contribution in [2.24, 2.45) is 9.98 Å². The lowest BCUT2D eigenvalue weighted by molar-refractivity contribution is -0.113. The van der Waals surface area contributed by atoms with Crippen LogP contribution >= 0.6 is 23.1 Å². The van der Waals surface area contributed by atoms with E-state index in [1.807, 2.05) is 55.5 Å². The number of thiophene rings is 1. The van der Waals surface area contributed by atoms with Crippen LogP contribution in [-0.4, -0.2) is 22.4 Å². The first-order valence-electron chi connectivity index (χ1n) is 9.36. The number of thioether (sulfide) groups is 1. The number of aryl methyl sites for hydroxylation is 2. The summed E-state index contributed by atoms with van der Waals surface area (Å²) in [5, 5.41) is 5.93. The fraction of sp³-hybridized carbons (Fsp3) is 0.174. The Labute approximate surface area is 178 Å². The number of anilines is 1. The lowest BCUT2D eigenvalue weighted by Gasteiger charge is -2.09. The van der Waals surface area contributed by atoms with Crippen molar-refractivity contribution in [3.63, 3.8) is 0 Å². The summed E-state index contributed by atoms with van der Waals surface area (Å²) < 4.78 is 0. The summed E-state index contributed by atoms with van der Waals surface area (Å²) in [5.41, 5.74) is 5.90. The zero-order valence-electron chi connectivity index (χ0n) is 16.3. The number of nitrogens with one attached hydrogen (secondary N) is 1. The molecule has 2 aromatic carbocycles. The van der Waals surface area contributed by atoms with Crippen molar-refractivity contribution in [3.05, 3.63) is 76.0 Å². The van der Waals surface area contributed by atoms with Crippen molar-refractivity contribution in [2.75, 3.05) is 11.1 Å². The van der Waals surface area contributed by atoms with E-state index in [4.69, 9.17) is 9.98 Å². The molecule has 3 aromatic rings. The molecule has 146 valence electrons. The van der Waals surface area contributed by atoms with Gasteiger partial charge in [-0.25, -0.2) is 9.98 Å². The van der Waals surface area contributed by atoms with Crippen LogP contribution in [0.25, 0.3) is 0 Å². The number of carbonyl (C=O) groups is 1. The first-order chi connectivity index (χ1) is 14.1. The quantitative estimate of drug-likeness (QED) is 0.540. The van der Waals surface area contributed by atoms with Gasteiger partial charge in [0, 0.05) is 17.0 Å². The molecule has 0 unspecified atom stereocenters. The first kappa shape index (κ1) is 19.6. The fourth-order valence-electron chi connectivity index (χ4n) is 2.99. The molecule has 1 aromatic heterocycles. The molecular formula is C23H21N3OS2. The van der Waals surface area contributed by atoms with Crippen LogP contribution < -0.4 is 5.32 Å². The number of rotatable bonds is 4. The van der Waals surface area contributed by atoms with Gasteiger partial charge in [0.2, 0.25) is 5.91 Å². The monoisotopic (exact) mass is 419 g/mol. The molecular weight excluding hydrogens is 398 g/mol. The van der Waals surface area contributed by atoms with E-state index in [9.17, 15) is 4.79 Å². The molecule has 1 N–H and O–H groups in total. The fourth-order valence-corrected chi connectivity index (χ4v) is 4.47. The van der Waals surface area contributed by atoms with Crippen molar-refractivity contribution in [1.82, 2.24) is 0 Å².